The van der Waals surface area contributed by atoms with Crippen molar-refractivity contribution in [2.45, 2.75) is 52.0 Å². The molecule has 0 amide bonds. The van der Waals surface area contributed by atoms with Crippen LogP contribution in [-0.2, 0) is 6.54 Å². The Morgan fingerprint density at radius 1 is 1.47 bits per heavy atom. The van der Waals surface area contributed by atoms with Crippen molar-refractivity contribution in [2.75, 3.05) is 0 Å². The van der Waals surface area contributed by atoms with Crippen molar-refractivity contribution in [3.63, 3.8) is 0 Å². The van der Waals surface area contributed by atoms with Gasteiger partial charge < -0.3 is 0 Å². The summed E-state index contributed by atoms with van der Waals surface area (Å²) in [6, 6.07) is 0. The lowest BCUT2D eigenvalue weighted by Crippen LogP contribution is -2.00. The summed E-state index contributed by atoms with van der Waals surface area (Å²) in [7, 11) is 0. The maximum absolute atomic E-state index is 6.14. The lowest BCUT2D eigenvalue weighted by atomic mass is 10.1. The molecule has 1 heterocycles. The average molecular weight is 229 g/mol. The van der Waals surface area contributed by atoms with E-state index in [1.165, 1.54) is 12.8 Å². The van der Waals surface area contributed by atoms with E-state index in [1.54, 1.807) is 0 Å². The van der Waals surface area contributed by atoms with E-state index < -0.39 is 0 Å². The van der Waals surface area contributed by atoms with Gasteiger partial charge in [0.25, 0.3) is 0 Å². The van der Waals surface area contributed by atoms with E-state index in [2.05, 4.69) is 32.1 Å². The first-order valence-corrected chi connectivity index (χ1v) is 6.23. The van der Waals surface area contributed by atoms with Gasteiger partial charge in [-0.3, -0.25) is 4.68 Å². The van der Waals surface area contributed by atoms with Crippen molar-refractivity contribution in [1.82, 2.24) is 9.78 Å². The van der Waals surface area contributed by atoms with E-state index in [9.17, 15) is 0 Å². The normalized spacial score (nSPS) is 13.4. The molecule has 0 bridgehead atoms. The van der Waals surface area contributed by atoms with E-state index in [0.717, 1.165) is 24.4 Å². The number of nitrogens with zero attached hydrogens (tertiary/aromatic N) is 2. The third-order valence-electron chi connectivity index (χ3n) is 2.54. The molecular weight excluding hydrogens is 208 g/mol. The fourth-order valence-corrected chi connectivity index (χ4v) is 1.67. The van der Waals surface area contributed by atoms with Gasteiger partial charge in [-0.15, -0.1) is 11.6 Å². The zero-order valence-corrected chi connectivity index (χ0v) is 10.7. The molecule has 0 aliphatic rings. The highest BCUT2D eigenvalue weighted by atomic mass is 35.5. The molecule has 0 radical (unpaired) electrons. The third kappa shape index (κ3) is 4.25. The summed E-state index contributed by atoms with van der Waals surface area (Å²) >= 11 is 6.14. The summed E-state index contributed by atoms with van der Waals surface area (Å²) in [6.07, 6.45) is 7.36. The summed E-state index contributed by atoms with van der Waals surface area (Å²) in [5, 5.41) is 4.43. The van der Waals surface area contributed by atoms with Gasteiger partial charge in [-0.2, -0.15) is 5.10 Å². The Bertz CT molecular complexity index is 281. The predicted molar refractivity (Wildman–Crippen MR) is 65.2 cm³/mol. The lowest BCUT2D eigenvalue weighted by molar-refractivity contribution is 0.489. The van der Waals surface area contributed by atoms with Crippen LogP contribution in [0.1, 0.15) is 51.0 Å². The van der Waals surface area contributed by atoms with Gasteiger partial charge in [0.15, 0.2) is 0 Å². The van der Waals surface area contributed by atoms with Crippen LogP contribution < -0.4 is 0 Å². The second-order valence-electron chi connectivity index (χ2n) is 4.45. The fourth-order valence-electron chi connectivity index (χ4n) is 1.56. The zero-order chi connectivity index (χ0) is 11.3. The minimum absolute atomic E-state index is 0.115. The van der Waals surface area contributed by atoms with Crippen LogP contribution in [0.3, 0.4) is 0 Å². The van der Waals surface area contributed by atoms with Crippen molar-refractivity contribution < 1.29 is 0 Å². The molecule has 3 heteroatoms. The van der Waals surface area contributed by atoms with Crippen LogP contribution in [0.25, 0.3) is 0 Å². The third-order valence-corrected chi connectivity index (χ3v) is 3.10. The van der Waals surface area contributed by atoms with Gasteiger partial charge in [0.05, 0.1) is 11.6 Å². The van der Waals surface area contributed by atoms with E-state index in [0.29, 0.717) is 0 Å². The largest absolute Gasteiger partial charge is 0.272 e. The van der Waals surface area contributed by atoms with Crippen LogP contribution in [0, 0.1) is 5.92 Å². The van der Waals surface area contributed by atoms with E-state index >= 15 is 0 Å². The first kappa shape index (κ1) is 12.6. The molecule has 0 aliphatic heterocycles. The molecule has 1 aromatic rings. The highest BCUT2D eigenvalue weighted by Crippen LogP contribution is 2.22. The number of hydrogen-bond donors (Lipinski definition) is 0. The van der Waals surface area contributed by atoms with Crippen molar-refractivity contribution in [2.24, 2.45) is 5.92 Å². The van der Waals surface area contributed by atoms with Crippen molar-refractivity contribution in [3.05, 3.63) is 18.0 Å². The summed E-state index contributed by atoms with van der Waals surface area (Å²) in [6.45, 7) is 7.60. The molecule has 0 spiro atoms. The molecule has 0 aromatic carbocycles. The van der Waals surface area contributed by atoms with E-state index in [4.69, 9.17) is 11.6 Å². The Hall–Kier alpha value is -0.500. The molecule has 0 saturated carbocycles. The number of alkyl halides is 1. The lowest BCUT2D eigenvalue weighted by Gasteiger charge is -2.04. The molecule has 1 atom stereocenters. The van der Waals surface area contributed by atoms with Gasteiger partial charge in [0, 0.05) is 18.3 Å². The molecule has 0 N–H and O–H groups in total. The first-order chi connectivity index (χ1) is 7.13. The predicted octanol–water partition coefficient (Wildman–Crippen LogP) is 4.01. The maximum Gasteiger partial charge on any atom is 0.0613 e. The van der Waals surface area contributed by atoms with Crippen molar-refractivity contribution in [3.8, 4) is 0 Å². The topological polar surface area (TPSA) is 17.8 Å². The Morgan fingerprint density at radius 2 is 2.20 bits per heavy atom. The Kier molecular flexibility index (Phi) is 5.16. The van der Waals surface area contributed by atoms with Gasteiger partial charge in [-0.25, -0.2) is 0 Å². The minimum atomic E-state index is 0.115. The molecule has 1 unspecified atom stereocenters. The number of rotatable bonds is 6. The number of halogens is 1. The van der Waals surface area contributed by atoms with E-state index in [1.807, 2.05) is 10.9 Å². The quantitative estimate of drug-likeness (QED) is 0.673. The molecule has 1 rings (SSSR count). The molecule has 0 fully saturated rings. The van der Waals surface area contributed by atoms with Crippen LogP contribution >= 0.6 is 11.6 Å². The second-order valence-corrected chi connectivity index (χ2v) is 4.98. The van der Waals surface area contributed by atoms with Crippen LogP contribution in [-0.4, -0.2) is 9.78 Å². The standard InChI is InChI=1S/C12H21ClN2/c1-4-12(13)11-8-14-15(9-11)7-5-6-10(2)3/h8-10,12H,4-7H2,1-3H3. The molecule has 2 nitrogen and oxygen atoms in total. The van der Waals surface area contributed by atoms with Gasteiger partial charge in [0.2, 0.25) is 0 Å². The summed E-state index contributed by atoms with van der Waals surface area (Å²) in [4.78, 5) is 0. The Morgan fingerprint density at radius 3 is 2.80 bits per heavy atom. The highest BCUT2D eigenvalue weighted by Gasteiger charge is 2.07. The number of aromatic nitrogens is 2. The minimum Gasteiger partial charge on any atom is -0.272 e. The van der Waals surface area contributed by atoms with Crippen LogP contribution in [0.4, 0.5) is 0 Å². The molecule has 0 saturated heterocycles. The SMILES string of the molecule is CCC(Cl)c1cnn(CCCC(C)C)c1. The maximum atomic E-state index is 6.14. The Balaban J connectivity index is 2.39. The number of aryl methyl sites for hydroxylation is 1. The number of hydrogen-bond acceptors (Lipinski definition) is 1. The van der Waals surface area contributed by atoms with Gasteiger partial charge in [-0.1, -0.05) is 20.8 Å². The molecular formula is C12H21ClN2. The molecule has 0 aliphatic carbocycles. The summed E-state index contributed by atoms with van der Waals surface area (Å²) < 4.78 is 2.00. The van der Waals surface area contributed by atoms with Gasteiger partial charge in [-0.05, 0) is 25.2 Å². The average Bonchev–Trinajstić information content (AvgIpc) is 2.65. The summed E-state index contributed by atoms with van der Waals surface area (Å²) in [5.74, 6) is 0.774. The zero-order valence-electron chi connectivity index (χ0n) is 9.91. The monoisotopic (exact) mass is 228 g/mol. The first-order valence-electron chi connectivity index (χ1n) is 5.80. The van der Waals surface area contributed by atoms with Crippen LogP contribution in [0.2, 0.25) is 0 Å². The fraction of sp³-hybridized carbons (Fsp3) is 0.750. The summed E-state index contributed by atoms with van der Waals surface area (Å²) in [5.41, 5.74) is 1.14. The molecule has 86 valence electrons. The van der Waals surface area contributed by atoms with Crippen LogP contribution in [0.15, 0.2) is 12.4 Å². The van der Waals surface area contributed by atoms with Crippen molar-refractivity contribution in [1.29, 1.82) is 0 Å². The van der Waals surface area contributed by atoms with Gasteiger partial charge in [0.1, 0.15) is 0 Å². The van der Waals surface area contributed by atoms with E-state index in [-0.39, 0.29) is 5.38 Å². The second kappa shape index (κ2) is 6.16. The molecule has 1 aromatic heterocycles. The van der Waals surface area contributed by atoms with Gasteiger partial charge >= 0.3 is 0 Å². The smallest absolute Gasteiger partial charge is 0.0613 e. The molecule has 15 heavy (non-hydrogen) atoms. The van der Waals surface area contributed by atoms with Crippen LogP contribution in [0.5, 0.6) is 0 Å². The Labute approximate surface area is 97.6 Å². The highest BCUT2D eigenvalue weighted by molar-refractivity contribution is 6.20. The van der Waals surface area contributed by atoms with Crippen molar-refractivity contribution >= 4 is 11.6 Å².